The number of hydrogen-bond donors (Lipinski definition) is 2. The summed E-state index contributed by atoms with van der Waals surface area (Å²) in [5.41, 5.74) is 6.72. The summed E-state index contributed by atoms with van der Waals surface area (Å²) in [4.78, 5) is 12.5. The number of halogens is 2. The Morgan fingerprint density at radius 3 is 2.58 bits per heavy atom. The summed E-state index contributed by atoms with van der Waals surface area (Å²) in [6.45, 7) is 2.24. The molecular formula is C14H18Cl2N2O. The van der Waals surface area contributed by atoms with Crippen molar-refractivity contribution in [2.24, 2.45) is 11.1 Å². The van der Waals surface area contributed by atoms with E-state index in [4.69, 9.17) is 28.9 Å². The van der Waals surface area contributed by atoms with Crippen molar-refractivity contribution in [3.05, 3.63) is 27.7 Å². The summed E-state index contributed by atoms with van der Waals surface area (Å²) in [6.07, 6.45) is 3.74. The lowest BCUT2D eigenvalue weighted by molar-refractivity contribution is -0.124. The molecule has 0 saturated heterocycles. The Kier molecular flexibility index (Phi) is 4.39. The lowest BCUT2D eigenvalue weighted by Gasteiger charge is -2.26. The second-order valence-corrected chi connectivity index (χ2v) is 5.98. The number of amides is 1. The number of hydrogen-bond acceptors (Lipinski definition) is 2. The third-order valence-corrected chi connectivity index (χ3v) is 4.76. The second kappa shape index (κ2) is 5.70. The zero-order valence-corrected chi connectivity index (χ0v) is 12.4. The van der Waals surface area contributed by atoms with Crippen LogP contribution in [-0.2, 0) is 4.79 Å². The normalized spacial score (nSPS) is 17.5. The Labute approximate surface area is 123 Å². The van der Waals surface area contributed by atoms with Crippen LogP contribution in [0.25, 0.3) is 0 Å². The Hall–Kier alpha value is -0.770. The van der Waals surface area contributed by atoms with E-state index in [1.165, 1.54) is 0 Å². The van der Waals surface area contributed by atoms with Crippen molar-refractivity contribution < 1.29 is 4.79 Å². The largest absolute Gasteiger partial charge is 0.329 e. The van der Waals surface area contributed by atoms with Crippen LogP contribution in [0.4, 0.5) is 5.69 Å². The molecule has 0 radical (unpaired) electrons. The summed E-state index contributed by atoms with van der Waals surface area (Å²) in [5, 5.41) is 3.81. The van der Waals surface area contributed by atoms with Gasteiger partial charge in [-0.25, -0.2) is 0 Å². The summed E-state index contributed by atoms with van der Waals surface area (Å²) >= 11 is 12.3. The van der Waals surface area contributed by atoms with Crippen LogP contribution in [0, 0.1) is 12.3 Å². The zero-order chi connectivity index (χ0) is 14.0. The number of nitrogens with one attached hydrogen (secondary N) is 1. The van der Waals surface area contributed by atoms with E-state index in [0.29, 0.717) is 22.3 Å². The van der Waals surface area contributed by atoms with Crippen LogP contribution < -0.4 is 11.1 Å². The van der Waals surface area contributed by atoms with Gasteiger partial charge in [0, 0.05) is 6.54 Å². The Morgan fingerprint density at radius 1 is 1.37 bits per heavy atom. The summed E-state index contributed by atoms with van der Waals surface area (Å²) < 4.78 is 0. The van der Waals surface area contributed by atoms with Crippen LogP contribution >= 0.6 is 23.2 Å². The van der Waals surface area contributed by atoms with Gasteiger partial charge in [0.25, 0.3) is 0 Å². The molecule has 1 amide bonds. The minimum atomic E-state index is -0.462. The van der Waals surface area contributed by atoms with Crippen molar-refractivity contribution in [1.82, 2.24) is 0 Å². The highest BCUT2D eigenvalue weighted by Crippen LogP contribution is 2.40. The fourth-order valence-electron chi connectivity index (χ4n) is 2.59. The molecule has 0 unspecified atom stereocenters. The van der Waals surface area contributed by atoms with Gasteiger partial charge >= 0.3 is 0 Å². The van der Waals surface area contributed by atoms with Gasteiger partial charge in [0.2, 0.25) is 5.91 Å². The van der Waals surface area contributed by atoms with Gasteiger partial charge in [-0.1, -0.05) is 42.1 Å². The Bertz CT molecular complexity index is 496. The highest BCUT2D eigenvalue weighted by atomic mass is 35.5. The van der Waals surface area contributed by atoms with Crippen molar-refractivity contribution in [1.29, 1.82) is 0 Å². The van der Waals surface area contributed by atoms with Crippen LogP contribution in [0.3, 0.4) is 0 Å². The molecule has 2 rings (SSSR count). The van der Waals surface area contributed by atoms with Crippen LogP contribution in [0.1, 0.15) is 31.2 Å². The SMILES string of the molecule is Cc1ccc(Cl)c(NC(=O)C2(CN)CCCC2)c1Cl. The summed E-state index contributed by atoms with van der Waals surface area (Å²) in [7, 11) is 0. The molecule has 0 atom stereocenters. The second-order valence-electron chi connectivity index (χ2n) is 5.20. The number of anilines is 1. The first-order valence-corrected chi connectivity index (χ1v) is 7.22. The molecule has 3 N–H and O–H groups in total. The van der Waals surface area contributed by atoms with E-state index in [2.05, 4.69) is 5.32 Å². The third-order valence-electron chi connectivity index (χ3n) is 3.96. The van der Waals surface area contributed by atoms with E-state index < -0.39 is 5.41 Å². The van der Waals surface area contributed by atoms with Gasteiger partial charge < -0.3 is 11.1 Å². The van der Waals surface area contributed by atoms with E-state index >= 15 is 0 Å². The molecule has 3 nitrogen and oxygen atoms in total. The van der Waals surface area contributed by atoms with Crippen molar-refractivity contribution in [2.75, 3.05) is 11.9 Å². The zero-order valence-electron chi connectivity index (χ0n) is 10.9. The molecule has 1 aromatic rings. The van der Waals surface area contributed by atoms with Crippen molar-refractivity contribution in [3.63, 3.8) is 0 Å². The predicted octanol–water partition coefficient (Wildman–Crippen LogP) is 3.76. The first-order chi connectivity index (χ1) is 9.00. The highest BCUT2D eigenvalue weighted by Gasteiger charge is 2.40. The fraction of sp³-hybridized carbons (Fsp3) is 0.500. The molecule has 1 fully saturated rings. The van der Waals surface area contributed by atoms with Gasteiger partial charge in [-0.15, -0.1) is 0 Å². The molecule has 0 aliphatic heterocycles. The molecule has 0 heterocycles. The standard InChI is InChI=1S/C14H18Cl2N2O/c1-9-4-5-10(15)12(11(9)16)18-13(19)14(8-17)6-2-3-7-14/h4-5H,2-3,6-8,17H2,1H3,(H,18,19). The highest BCUT2D eigenvalue weighted by molar-refractivity contribution is 6.40. The van der Waals surface area contributed by atoms with Crippen molar-refractivity contribution >= 4 is 34.8 Å². The molecule has 1 aromatic carbocycles. The number of benzene rings is 1. The maximum absolute atomic E-state index is 12.5. The Balaban J connectivity index is 2.26. The number of rotatable bonds is 3. The third kappa shape index (κ3) is 2.73. The summed E-state index contributed by atoms with van der Waals surface area (Å²) in [5.74, 6) is -0.0677. The van der Waals surface area contributed by atoms with Crippen LogP contribution in [-0.4, -0.2) is 12.5 Å². The molecular weight excluding hydrogens is 283 g/mol. The minimum absolute atomic E-state index is 0.0677. The van der Waals surface area contributed by atoms with Gasteiger partial charge in [0.1, 0.15) is 0 Å². The molecule has 1 saturated carbocycles. The molecule has 104 valence electrons. The van der Waals surface area contributed by atoms with Gasteiger partial charge in [-0.3, -0.25) is 4.79 Å². The first kappa shape index (κ1) is 14.6. The predicted molar refractivity (Wildman–Crippen MR) is 79.8 cm³/mol. The quantitative estimate of drug-likeness (QED) is 0.893. The van der Waals surface area contributed by atoms with Crippen LogP contribution in [0.5, 0.6) is 0 Å². The van der Waals surface area contributed by atoms with E-state index in [-0.39, 0.29) is 5.91 Å². The number of aryl methyl sites for hydroxylation is 1. The number of carbonyl (C=O) groups excluding carboxylic acids is 1. The molecule has 1 aliphatic carbocycles. The summed E-state index contributed by atoms with van der Waals surface area (Å²) in [6, 6.07) is 3.57. The molecule has 5 heteroatoms. The number of nitrogens with two attached hydrogens (primary N) is 1. The van der Waals surface area contributed by atoms with Gasteiger partial charge in [-0.05, 0) is 31.4 Å². The van der Waals surface area contributed by atoms with Crippen molar-refractivity contribution in [2.45, 2.75) is 32.6 Å². The van der Waals surface area contributed by atoms with E-state index in [1.807, 2.05) is 13.0 Å². The topological polar surface area (TPSA) is 55.1 Å². The van der Waals surface area contributed by atoms with Gasteiger partial charge in [-0.2, -0.15) is 0 Å². The Morgan fingerprint density at radius 2 is 2.00 bits per heavy atom. The van der Waals surface area contributed by atoms with Gasteiger partial charge in [0.05, 0.1) is 21.1 Å². The molecule has 1 aliphatic rings. The fourth-order valence-corrected chi connectivity index (χ4v) is 3.06. The lowest BCUT2D eigenvalue weighted by atomic mass is 9.85. The average Bonchev–Trinajstić information content (AvgIpc) is 2.89. The molecule has 19 heavy (non-hydrogen) atoms. The smallest absolute Gasteiger partial charge is 0.231 e. The van der Waals surface area contributed by atoms with E-state index in [1.54, 1.807) is 6.07 Å². The average molecular weight is 301 g/mol. The van der Waals surface area contributed by atoms with Crippen molar-refractivity contribution in [3.8, 4) is 0 Å². The van der Waals surface area contributed by atoms with Gasteiger partial charge in [0.15, 0.2) is 0 Å². The van der Waals surface area contributed by atoms with E-state index in [9.17, 15) is 4.79 Å². The maximum atomic E-state index is 12.5. The molecule has 0 bridgehead atoms. The van der Waals surface area contributed by atoms with Crippen LogP contribution in [0.15, 0.2) is 12.1 Å². The van der Waals surface area contributed by atoms with Crippen LogP contribution in [0.2, 0.25) is 10.0 Å². The molecule has 0 spiro atoms. The minimum Gasteiger partial charge on any atom is -0.329 e. The lowest BCUT2D eigenvalue weighted by Crippen LogP contribution is -2.40. The van der Waals surface area contributed by atoms with E-state index in [0.717, 1.165) is 31.2 Å². The molecule has 0 aromatic heterocycles. The first-order valence-electron chi connectivity index (χ1n) is 6.46. The maximum Gasteiger partial charge on any atom is 0.231 e. The number of carbonyl (C=O) groups is 1. The monoisotopic (exact) mass is 300 g/mol.